The van der Waals surface area contributed by atoms with Crippen molar-refractivity contribution in [3.8, 4) is 28.6 Å². The van der Waals surface area contributed by atoms with Crippen molar-refractivity contribution in [3.63, 3.8) is 0 Å². The summed E-state index contributed by atoms with van der Waals surface area (Å²) in [7, 11) is 0. The van der Waals surface area contributed by atoms with Crippen molar-refractivity contribution < 1.29 is 19.7 Å². The van der Waals surface area contributed by atoms with Gasteiger partial charge in [0.1, 0.15) is 22.6 Å². The summed E-state index contributed by atoms with van der Waals surface area (Å²) >= 11 is 0. The van der Waals surface area contributed by atoms with E-state index >= 15 is 0 Å². The summed E-state index contributed by atoms with van der Waals surface area (Å²) in [6.45, 7) is 0. The molecule has 0 amide bonds. The first-order valence-electron chi connectivity index (χ1n) is 5.85. The van der Waals surface area contributed by atoms with Crippen LogP contribution >= 0.6 is 0 Å². The van der Waals surface area contributed by atoms with Gasteiger partial charge >= 0.3 is 0 Å². The molecule has 1 heterocycles. The Morgan fingerprint density at radius 1 is 0.850 bits per heavy atom. The lowest BCUT2D eigenvalue weighted by Gasteiger charge is -2.07. The summed E-state index contributed by atoms with van der Waals surface area (Å²) in [5.74, 6) is -0.460. The van der Waals surface area contributed by atoms with Crippen LogP contribution in [0, 0.1) is 0 Å². The third-order valence-corrected chi connectivity index (χ3v) is 3.01. The Kier molecular flexibility index (Phi) is 2.61. The molecule has 0 bridgehead atoms. The van der Waals surface area contributed by atoms with Crippen LogP contribution < -0.4 is 5.43 Å². The first-order valence-corrected chi connectivity index (χ1v) is 5.85. The van der Waals surface area contributed by atoms with Gasteiger partial charge in [0.05, 0.1) is 5.56 Å². The summed E-state index contributed by atoms with van der Waals surface area (Å²) in [6, 6.07) is 9.98. The lowest BCUT2D eigenvalue weighted by molar-refractivity contribution is 0.453. The number of hydrogen-bond acceptors (Lipinski definition) is 5. The van der Waals surface area contributed by atoms with E-state index < -0.39 is 5.43 Å². The maximum atomic E-state index is 12.0. The van der Waals surface area contributed by atoms with E-state index in [9.17, 15) is 20.1 Å². The second kappa shape index (κ2) is 4.31. The first-order chi connectivity index (χ1) is 9.58. The number of phenolic OH excluding ortho intramolecular Hbond substituents is 3. The minimum Gasteiger partial charge on any atom is -0.507 e. The monoisotopic (exact) mass is 270 g/mol. The number of aromatic hydroxyl groups is 3. The second-order valence-corrected chi connectivity index (χ2v) is 4.30. The summed E-state index contributed by atoms with van der Waals surface area (Å²) in [5, 5.41) is 29.1. The van der Waals surface area contributed by atoms with Gasteiger partial charge < -0.3 is 19.7 Å². The maximum Gasteiger partial charge on any atom is 0.197 e. The van der Waals surface area contributed by atoms with Gasteiger partial charge in [0.25, 0.3) is 0 Å². The molecule has 0 aliphatic heterocycles. The van der Waals surface area contributed by atoms with Gasteiger partial charge in [0.2, 0.25) is 0 Å². The Balaban J connectivity index is 2.39. The van der Waals surface area contributed by atoms with E-state index in [0.29, 0.717) is 5.56 Å². The van der Waals surface area contributed by atoms with Crippen LogP contribution in [0.5, 0.6) is 17.2 Å². The fraction of sp³-hybridized carbons (Fsp3) is 0. The Bertz CT molecular complexity index is 864. The minimum atomic E-state index is -0.502. The highest BCUT2D eigenvalue weighted by Gasteiger charge is 2.15. The van der Waals surface area contributed by atoms with Gasteiger partial charge in [-0.1, -0.05) is 12.1 Å². The molecule has 0 aliphatic carbocycles. The average molecular weight is 270 g/mol. The lowest BCUT2D eigenvalue weighted by Crippen LogP contribution is -2.00. The lowest BCUT2D eigenvalue weighted by atomic mass is 10.1. The summed E-state index contributed by atoms with van der Waals surface area (Å²) in [6.07, 6.45) is 0. The topological polar surface area (TPSA) is 90.9 Å². The van der Waals surface area contributed by atoms with Crippen LogP contribution in [0.1, 0.15) is 0 Å². The van der Waals surface area contributed by atoms with Crippen LogP contribution in [0.2, 0.25) is 0 Å². The summed E-state index contributed by atoms with van der Waals surface area (Å²) in [5.41, 5.74) is -0.289. The third-order valence-electron chi connectivity index (χ3n) is 3.01. The van der Waals surface area contributed by atoms with Crippen LogP contribution in [0.4, 0.5) is 0 Å². The van der Waals surface area contributed by atoms with E-state index in [4.69, 9.17) is 4.42 Å². The number of phenols is 3. The molecule has 0 saturated carbocycles. The van der Waals surface area contributed by atoms with Crippen LogP contribution in [0.3, 0.4) is 0 Å². The Hall–Kier alpha value is -2.95. The molecule has 3 aromatic rings. The van der Waals surface area contributed by atoms with Gasteiger partial charge in [-0.2, -0.15) is 0 Å². The number of hydrogen-bond donors (Lipinski definition) is 3. The van der Waals surface area contributed by atoms with E-state index in [0.717, 1.165) is 6.07 Å². The van der Waals surface area contributed by atoms with E-state index in [1.165, 1.54) is 18.2 Å². The Labute approximate surface area is 113 Å². The third kappa shape index (κ3) is 1.76. The zero-order valence-electron chi connectivity index (χ0n) is 10.2. The highest BCUT2D eigenvalue weighted by molar-refractivity contribution is 5.89. The second-order valence-electron chi connectivity index (χ2n) is 4.30. The maximum absolute atomic E-state index is 12.0. The average Bonchev–Trinajstić information content (AvgIpc) is 2.43. The normalized spacial score (nSPS) is 10.8. The molecule has 2 aromatic carbocycles. The highest BCUT2D eigenvalue weighted by atomic mass is 16.4. The SMILES string of the molecule is O=c1cc(-c2ccccc2O)oc2c(O)ccc(O)c12. The fourth-order valence-electron chi connectivity index (χ4n) is 2.05. The van der Waals surface area contributed by atoms with Crippen molar-refractivity contribution in [2.24, 2.45) is 0 Å². The zero-order valence-corrected chi connectivity index (χ0v) is 10.2. The molecule has 5 nitrogen and oxygen atoms in total. The van der Waals surface area contributed by atoms with Gasteiger partial charge in [0, 0.05) is 6.07 Å². The van der Waals surface area contributed by atoms with E-state index in [1.807, 2.05) is 0 Å². The van der Waals surface area contributed by atoms with Crippen LogP contribution in [-0.2, 0) is 0 Å². The fourth-order valence-corrected chi connectivity index (χ4v) is 2.05. The zero-order chi connectivity index (χ0) is 14.3. The molecule has 100 valence electrons. The predicted molar refractivity (Wildman–Crippen MR) is 72.9 cm³/mol. The van der Waals surface area contributed by atoms with Crippen LogP contribution in [0.15, 0.2) is 51.7 Å². The molecule has 0 spiro atoms. The van der Waals surface area contributed by atoms with Gasteiger partial charge in [0.15, 0.2) is 16.8 Å². The number of fused-ring (bicyclic) bond motifs is 1. The van der Waals surface area contributed by atoms with E-state index in [-0.39, 0.29) is 34.0 Å². The van der Waals surface area contributed by atoms with Crippen molar-refractivity contribution in [1.29, 1.82) is 0 Å². The van der Waals surface area contributed by atoms with Crippen molar-refractivity contribution in [2.75, 3.05) is 0 Å². The highest BCUT2D eigenvalue weighted by Crippen LogP contribution is 2.34. The molecule has 0 atom stereocenters. The Morgan fingerprint density at radius 2 is 1.55 bits per heavy atom. The summed E-state index contributed by atoms with van der Waals surface area (Å²) in [4.78, 5) is 12.0. The number of para-hydroxylation sites is 1. The van der Waals surface area contributed by atoms with Gasteiger partial charge in [-0.3, -0.25) is 4.79 Å². The quantitative estimate of drug-likeness (QED) is 0.591. The van der Waals surface area contributed by atoms with E-state index in [1.54, 1.807) is 18.2 Å². The van der Waals surface area contributed by atoms with Crippen molar-refractivity contribution in [1.82, 2.24) is 0 Å². The molecule has 0 aliphatic rings. The molecular weight excluding hydrogens is 260 g/mol. The van der Waals surface area contributed by atoms with Gasteiger partial charge in [-0.15, -0.1) is 0 Å². The van der Waals surface area contributed by atoms with E-state index in [2.05, 4.69) is 0 Å². The molecule has 0 saturated heterocycles. The molecule has 3 rings (SSSR count). The number of rotatable bonds is 1. The molecule has 0 unspecified atom stereocenters. The Morgan fingerprint density at radius 3 is 2.30 bits per heavy atom. The molecule has 1 aromatic heterocycles. The van der Waals surface area contributed by atoms with Crippen molar-refractivity contribution in [2.45, 2.75) is 0 Å². The van der Waals surface area contributed by atoms with Gasteiger partial charge in [-0.25, -0.2) is 0 Å². The molecular formula is C15H10O5. The molecule has 0 fully saturated rings. The van der Waals surface area contributed by atoms with Crippen molar-refractivity contribution >= 4 is 11.0 Å². The number of benzene rings is 2. The molecule has 0 radical (unpaired) electrons. The minimum absolute atomic E-state index is 0.0466. The molecule has 3 N–H and O–H groups in total. The smallest absolute Gasteiger partial charge is 0.197 e. The largest absolute Gasteiger partial charge is 0.507 e. The standard InChI is InChI=1S/C15H10O5/c16-9-4-2-1-3-8(9)13-7-12(19)14-10(17)5-6-11(18)15(14)20-13/h1-7,16-18H. The van der Waals surface area contributed by atoms with Crippen LogP contribution in [-0.4, -0.2) is 15.3 Å². The van der Waals surface area contributed by atoms with Gasteiger partial charge in [-0.05, 0) is 24.3 Å². The predicted octanol–water partition coefficient (Wildman–Crippen LogP) is 2.58. The first kappa shape index (κ1) is 12.1. The summed E-state index contributed by atoms with van der Waals surface area (Å²) < 4.78 is 5.45. The molecule has 5 heteroatoms. The van der Waals surface area contributed by atoms with Crippen molar-refractivity contribution in [3.05, 3.63) is 52.7 Å². The van der Waals surface area contributed by atoms with Crippen LogP contribution in [0.25, 0.3) is 22.3 Å². The molecule has 20 heavy (non-hydrogen) atoms.